The lowest BCUT2D eigenvalue weighted by Crippen LogP contribution is -2.43. The molecule has 1 atom stereocenters. The summed E-state index contributed by atoms with van der Waals surface area (Å²) in [5, 5.41) is 3.04. The number of ether oxygens (including phenoxy) is 1. The molecule has 0 unspecified atom stereocenters. The number of methoxy groups -OCH3 is 1. The Labute approximate surface area is 265 Å². The molecule has 0 aliphatic carbocycles. The normalized spacial score (nSPS) is 14.1. The topological polar surface area (TPSA) is 96.0 Å². The van der Waals surface area contributed by atoms with Crippen molar-refractivity contribution in [3.8, 4) is 5.75 Å². The number of nitrogens with zero attached hydrogens (tertiary/aromatic N) is 2. The first-order valence-corrected chi connectivity index (χ1v) is 16.7. The predicted octanol–water partition coefficient (Wildman–Crippen LogP) is 5.50. The van der Waals surface area contributed by atoms with Gasteiger partial charge in [-0.15, -0.1) is 0 Å². The van der Waals surface area contributed by atoms with Crippen LogP contribution in [0.4, 0.5) is 0 Å². The van der Waals surface area contributed by atoms with E-state index < -0.39 is 16.1 Å². The van der Waals surface area contributed by atoms with Crippen molar-refractivity contribution in [3.05, 3.63) is 131 Å². The molecule has 234 valence electrons. The minimum atomic E-state index is -3.51. The molecule has 9 heteroatoms. The second-order valence-corrected chi connectivity index (χ2v) is 13.1. The van der Waals surface area contributed by atoms with E-state index in [9.17, 15) is 18.0 Å². The van der Waals surface area contributed by atoms with Crippen molar-refractivity contribution in [2.45, 2.75) is 49.7 Å². The molecule has 1 saturated heterocycles. The van der Waals surface area contributed by atoms with Gasteiger partial charge in [0.1, 0.15) is 11.8 Å². The van der Waals surface area contributed by atoms with Crippen molar-refractivity contribution >= 4 is 21.8 Å². The lowest BCUT2D eigenvalue weighted by Gasteiger charge is -2.32. The molecule has 4 aromatic carbocycles. The number of benzene rings is 4. The van der Waals surface area contributed by atoms with Crippen LogP contribution in [0.15, 0.2) is 114 Å². The lowest BCUT2D eigenvalue weighted by molar-refractivity contribution is -0.141. The fraction of sp³-hybridized carbons (Fsp3) is 0.278. The number of aryl methyl sites for hydroxylation is 1. The van der Waals surface area contributed by atoms with Crippen LogP contribution in [-0.2, 0) is 39.1 Å². The predicted molar refractivity (Wildman–Crippen MR) is 174 cm³/mol. The Kier molecular flexibility index (Phi) is 10.7. The molecular formula is C36H39N3O5S. The maximum absolute atomic E-state index is 14.0. The second-order valence-electron chi connectivity index (χ2n) is 11.1. The Hall–Kier alpha value is -4.47. The summed E-state index contributed by atoms with van der Waals surface area (Å²) in [6, 6.07) is 32.4. The van der Waals surface area contributed by atoms with Gasteiger partial charge in [0.05, 0.1) is 12.0 Å². The van der Waals surface area contributed by atoms with E-state index in [0.29, 0.717) is 31.6 Å². The summed E-state index contributed by atoms with van der Waals surface area (Å²) in [6.07, 6.45) is 2.31. The third-order valence-corrected chi connectivity index (χ3v) is 9.98. The van der Waals surface area contributed by atoms with Crippen LogP contribution in [0.25, 0.3) is 0 Å². The highest BCUT2D eigenvalue weighted by Gasteiger charge is 2.31. The zero-order chi connectivity index (χ0) is 31.6. The monoisotopic (exact) mass is 625 g/mol. The molecule has 0 bridgehead atoms. The van der Waals surface area contributed by atoms with Crippen LogP contribution in [-0.4, -0.2) is 49.6 Å². The second kappa shape index (κ2) is 15.0. The fourth-order valence-electron chi connectivity index (χ4n) is 5.54. The van der Waals surface area contributed by atoms with Gasteiger partial charge in [-0.05, 0) is 65.8 Å². The lowest BCUT2D eigenvalue weighted by atomic mass is 10.0. The van der Waals surface area contributed by atoms with Crippen molar-refractivity contribution in [3.63, 3.8) is 0 Å². The van der Waals surface area contributed by atoms with Crippen molar-refractivity contribution in [1.82, 2.24) is 14.5 Å². The number of amides is 2. The molecule has 8 nitrogen and oxygen atoms in total. The first-order valence-electron chi connectivity index (χ1n) is 15.2. The molecule has 1 aliphatic rings. The van der Waals surface area contributed by atoms with Crippen LogP contribution < -0.4 is 10.1 Å². The Morgan fingerprint density at radius 1 is 0.800 bits per heavy atom. The summed E-state index contributed by atoms with van der Waals surface area (Å²) in [5.41, 5.74) is 3.38. The van der Waals surface area contributed by atoms with E-state index in [0.717, 1.165) is 35.3 Å². The van der Waals surface area contributed by atoms with E-state index >= 15 is 0 Å². The third-order valence-electron chi connectivity index (χ3n) is 8.07. The van der Waals surface area contributed by atoms with Gasteiger partial charge in [0.15, 0.2) is 0 Å². The highest BCUT2D eigenvalue weighted by molar-refractivity contribution is 7.89. The van der Waals surface area contributed by atoms with E-state index in [1.807, 2.05) is 84.9 Å². The number of rotatable bonds is 13. The van der Waals surface area contributed by atoms with E-state index in [4.69, 9.17) is 4.74 Å². The van der Waals surface area contributed by atoms with Gasteiger partial charge < -0.3 is 15.0 Å². The molecule has 0 spiro atoms. The van der Waals surface area contributed by atoms with Gasteiger partial charge in [-0.25, -0.2) is 8.42 Å². The highest BCUT2D eigenvalue weighted by Crippen LogP contribution is 2.26. The summed E-state index contributed by atoms with van der Waals surface area (Å²) >= 11 is 0. The van der Waals surface area contributed by atoms with E-state index in [1.165, 1.54) is 4.31 Å². The Morgan fingerprint density at radius 2 is 1.40 bits per heavy atom. The zero-order valence-electron chi connectivity index (χ0n) is 25.5. The number of carbonyl (C=O) groups is 2. The maximum Gasteiger partial charge on any atom is 0.247 e. The molecule has 0 saturated carbocycles. The first-order chi connectivity index (χ1) is 21.8. The molecule has 1 N–H and O–H groups in total. The van der Waals surface area contributed by atoms with Gasteiger partial charge in [0.2, 0.25) is 21.8 Å². The Morgan fingerprint density at radius 3 is 2.02 bits per heavy atom. The molecule has 4 aromatic rings. The molecule has 0 aromatic heterocycles. The first kappa shape index (κ1) is 31.9. The van der Waals surface area contributed by atoms with Crippen molar-refractivity contribution in [1.29, 1.82) is 0 Å². The van der Waals surface area contributed by atoms with Crippen LogP contribution in [0.3, 0.4) is 0 Å². The van der Waals surface area contributed by atoms with Crippen molar-refractivity contribution in [2.75, 3.05) is 20.2 Å². The number of hydrogen-bond donors (Lipinski definition) is 1. The van der Waals surface area contributed by atoms with Crippen LogP contribution >= 0.6 is 0 Å². The van der Waals surface area contributed by atoms with Gasteiger partial charge in [0.25, 0.3) is 0 Å². The van der Waals surface area contributed by atoms with Gasteiger partial charge in [-0.1, -0.05) is 84.9 Å². The molecule has 2 amide bonds. The van der Waals surface area contributed by atoms with Gasteiger partial charge in [-0.2, -0.15) is 4.31 Å². The van der Waals surface area contributed by atoms with E-state index in [2.05, 4.69) is 5.32 Å². The highest BCUT2D eigenvalue weighted by atomic mass is 32.2. The van der Waals surface area contributed by atoms with Gasteiger partial charge in [0, 0.05) is 32.6 Å². The Balaban J connectivity index is 1.35. The average Bonchev–Trinajstić information content (AvgIpc) is 3.64. The van der Waals surface area contributed by atoms with Gasteiger partial charge >= 0.3 is 0 Å². The molecular weight excluding hydrogens is 586 g/mol. The number of carbonyl (C=O) groups excluding carboxylic acids is 2. The molecule has 1 aliphatic heterocycles. The van der Waals surface area contributed by atoms with E-state index in [1.54, 1.807) is 36.3 Å². The summed E-state index contributed by atoms with van der Waals surface area (Å²) in [5.74, 6) is 0.272. The quantitative estimate of drug-likeness (QED) is 0.212. The number of hydrogen-bond acceptors (Lipinski definition) is 5. The SMILES string of the molecule is COc1ccc(CNC(=O)[C@H](c2ccccc2)N(Cc2ccccc2)C(=O)CCc2ccc(S(=O)(=O)N3CCCC3)cc2)cc1. The van der Waals surface area contributed by atoms with Gasteiger partial charge in [-0.3, -0.25) is 9.59 Å². The minimum absolute atomic E-state index is 0.153. The number of sulfonamides is 1. The van der Waals surface area contributed by atoms with Crippen LogP contribution in [0, 0.1) is 0 Å². The summed E-state index contributed by atoms with van der Waals surface area (Å²) in [7, 11) is -1.90. The average molecular weight is 626 g/mol. The molecule has 45 heavy (non-hydrogen) atoms. The zero-order valence-corrected chi connectivity index (χ0v) is 26.3. The number of nitrogens with one attached hydrogen (secondary N) is 1. The molecule has 1 heterocycles. The van der Waals surface area contributed by atoms with Crippen LogP contribution in [0.1, 0.15) is 47.6 Å². The van der Waals surface area contributed by atoms with Crippen LogP contribution in [0.5, 0.6) is 5.75 Å². The molecule has 1 fully saturated rings. The molecule has 5 rings (SSSR count). The fourth-order valence-corrected chi connectivity index (χ4v) is 7.06. The van der Waals surface area contributed by atoms with Crippen molar-refractivity contribution < 1.29 is 22.7 Å². The van der Waals surface area contributed by atoms with Crippen LogP contribution in [0.2, 0.25) is 0 Å². The smallest absolute Gasteiger partial charge is 0.247 e. The summed E-state index contributed by atoms with van der Waals surface area (Å²) < 4.78 is 32.7. The Bertz CT molecular complexity index is 1660. The van der Waals surface area contributed by atoms with E-state index in [-0.39, 0.29) is 29.7 Å². The maximum atomic E-state index is 14.0. The third kappa shape index (κ3) is 8.17. The summed E-state index contributed by atoms with van der Waals surface area (Å²) in [4.78, 5) is 29.8. The minimum Gasteiger partial charge on any atom is -0.497 e. The summed E-state index contributed by atoms with van der Waals surface area (Å²) in [6.45, 7) is 1.65. The van der Waals surface area contributed by atoms with Crippen molar-refractivity contribution in [2.24, 2.45) is 0 Å². The largest absolute Gasteiger partial charge is 0.497 e. The molecule has 0 radical (unpaired) electrons. The standard InChI is InChI=1S/C36H39N3O5S/c1-44-32-19-14-29(15-20-32)26-37-36(41)35(31-12-6-3-7-13-31)39(27-30-10-4-2-5-11-30)34(40)23-18-28-16-21-33(22-17-28)45(42,43)38-24-8-9-25-38/h2-7,10-17,19-22,35H,8-9,18,23-27H2,1H3,(H,37,41)/t35-/m0/s1.